The van der Waals surface area contributed by atoms with Gasteiger partial charge in [-0.1, -0.05) is 0 Å². The van der Waals surface area contributed by atoms with E-state index >= 15 is 0 Å². The molecule has 0 spiro atoms. The molecule has 0 aromatic heterocycles. The number of halogens is 3. The molecule has 5 nitrogen and oxygen atoms in total. The Morgan fingerprint density at radius 2 is 1.81 bits per heavy atom. The molecule has 0 radical (unpaired) electrons. The number of piperazine rings is 1. The van der Waals surface area contributed by atoms with Crippen molar-refractivity contribution in [2.75, 3.05) is 24.5 Å². The zero-order chi connectivity index (χ0) is 19.1. The summed E-state index contributed by atoms with van der Waals surface area (Å²) in [4.78, 5) is 27.7. The Balaban J connectivity index is 1.97. The Bertz CT molecular complexity index is 710. The number of nitrogens with zero attached hydrogens (tertiary/aromatic N) is 2. The second-order valence-corrected chi connectivity index (χ2v) is 7.09. The summed E-state index contributed by atoms with van der Waals surface area (Å²) < 4.78 is 40.0. The van der Waals surface area contributed by atoms with Crippen molar-refractivity contribution in [1.82, 2.24) is 10.2 Å². The van der Waals surface area contributed by atoms with Crippen LogP contribution in [0.15, 0.2) is 18.2 Å². The van der Waals surface area contributed by atoms with Crippen LogP contribution in [0.2, 0.25) is 0 Å². The van der Waals surface area contributed by atoms with Gasteiger partial charge in [0, 0.05) is 49.4 Å². The van der Waals surface area contributed by atoms with Gasteiger partial charge in [0.2, 0.25) is 5.91 Å². The van der Waals surface area contributed by atoms with Crippen LogP contribution in [0.3, 0.4) is 0 Å². The van der Waals surface area contributed by atoms with Crippen molar-refractivity contribution in [1.29, 1.82) is 0 Å². The third-order valence-corrected chi connectivity index (χ3v) is 4.72. The second-order valence-electron chi connectivity index (χ2n) is 7.09. The minimum Gasteiger partial charge on any atom is -0.336 e. The molecule has 0 bridgehead atoms. The minimum absolute atomic E-state index is 0.0316. The number of alkyl halides is 3. The van der Waals surface area contributed by atoms with E-state index in [0.29, 0.717) is 32.5 Å². The van der Waals surface area contributed by atoms with Crippen LogP contribution in [0.25, 0.3) is 0 Å². The fourth-order valence-corrected chi connectivity index (χ4v) is 3.65. The maximum Gasteiger partial charge on any atom is 0.416 e. The molecule has 2 amide bonds. The Hall–Kier alpha value is -2.09. The predicted molar refractivity (Wildman–Crippen MR) is 91.0 cm³/mol. The first-order chi connectivity index (χ1) is 12.1. The number of nitrogens with one attached hydrogen (secondary N) is 1. The highest BCUT2D eigenvalue weighted by Crippen LogP contribution is 2.34. The molecule has 26 heavy (non-hydrogen) atoms. The van der Waals surface area contributed by atoms with E-state index in [0.717, 1.165) is 12.1 Å². The molecule has 1 aromatic rings. The summed E-state index contributed by atoms with van der Waals surface area (Å²) in [6, 6.07) is 3.35. The van der Waals surface area contributed by atoms with E-state index in [4.69, 9.17) is 0 Å². The summed E-state index contributed by atoms with van der Waals surface area (Å²) in [7, 11) is 0. The van der Waals surface area contributed by atoms with Gasteiger partial charge in [-0.05, 0) is 38.5 Å². The van der Waals surface area contributed by atoms with Gasteiger partial charge in [-0.15, -0.1) is 0 Å². The van der Waals surface area contributed by atoms with Gasteiger partial charge in [-0.2, -0.15) is 13.2 Å². The Morgan fingerprint density at radius 3 is 2.35 bits per heavy atom. The average Bonchev–Trinajstić information content (AvgIpc) is 2.98. The van der Waals surface area contributed by atoms with Crippen molar-refractivity contribution in [3.05, 3.63) is 29.3 Å². The molecule has 8 heteroatoms. The van der Waals surface area contributed by atoms with E-state index in [1.54, 1.807) is 4.90 Å². The number of hydrogen-bond acceptors (Lipinski definition) is 3. The molecule has 2 heterocycles. The zero-order valence-corrected chi connectivity index (χ0v) is 14.8. The smallest absolute Gasteiger partial charge is 0.336 e. The number of anilines is 1. The summed E-state index contributed by atoms with van der Waals surface area (Å²) >= 11 is 0. The van der Waals surface area contributed by atoms with E-state index < -0.39 is 17.6 Å². The second kappa shape index (κ2) is 6.90. The fraction of sp³-hybridized carbons (Fsp3) is 0.556. The molecule has 1 N–H and O–H groups in total. The molecule has 2 aliphatic rings. The third-order valence-electron chi connectivity index (χ3n) is 4.72. The van der Waals surface area contributed by atoms with Crippen molar-refractivity contribution in [3.63, 3.8) is 0 Å². The molecule has 142 valence electrons. The first kappa shape index (κ1) is 18.7. The largest absolute Gasteiger partial charge is 0.416 e. The van der Waals surface area contributed by atoms with Crippen LogP contribution in [-0.4, -0.2) is 48.4 Å². The van der Waals surface area contributed by atoms with Gasteiger partial charge in [-0.3, -0.25) is 9.59 Å². The molecule has 2 atom stereocenters. The quantitative estimate of drug-likeness (QED) is 0.872. The van der Waals surface area contributed by atoms with E-state index in [1.165, 1.54) is 11.0 Å². The highest BCUT2D eigenvalue weighted by atomic mass is 19.4. The van der Waals surface area contributed by atoms with Gasteiger partial charge < -0.3 is 15.1 Å². The van der Waals surface area contributed by atoms with Crippen LogP contribution in [0.1, 0.15) is 42.6 Å². The lowest BCUT2D eigenvalue weighted by molar-refractivity contribution is -0.137. The minimum atomic E-state index is -4.59. The Kier molecular flexibility index (Phi) is 4.96. The molecule has 2 aliphatic heterocycles. The molecule has 1 aromatic carbocycles. The van der Waals surface area contributed by atoms with Crippen LogP contribution in [0.5, 0.6) is 0 Å². The zero-order valence-electron chi connectivity index (χ0n) is 14.8. The normalized spacial score (nSPS) is 24.3. The molecule has 0 aliphatic carbocycles. The first-order valence-electron chi connectivity index (χ1n) is 8.73. The molecular weight excluding hydrogens is 347 g/mol. The standard InChI is InChI=1S/C18H22F3N3O2/c1-11-9-23(10-12(2)22-11)17(26)13-6-14(18(19,20)21)8-15(7-13)24-5-3-4-16(24)25/h6-8,11-12,22H,3-5,9-10H2,1-2H3/t11-,12-/m0/s1. The fourth-order valence-electron chi connectivity index (χ4n) is 3.65. The number of benzene rings is 1. The summed E-state index contributed by atoms with van der Waals surface area (Å²) in [5.74, 6) is -0.656. The van der Waals surface area contributed by atoms with Crippen LogP contribution in [-0.2, 0) is 11.0 Å². The van der Waals surface area contributed by atoms with Crippen LogP contribution < -0.4 is 10.2 Å². The van der Waals surface area contributed by atoms with Crippen molar-refractivity contribution >= 4 is 17.5 Å². The maximum absolute atomic E-state index is 13.3. The van der Waals surface area contributed by atoms with Crippen LogP contribution >= 0.6 is 0 Å². The van der Waals surface area contributed by atoms with E-state index in [9.17, 15) is 22.8 Å². The molecule has 0 unspecified atom stereocenters. The number of hydrogen-bond donors (Lipinski definition) is 1. The summed E-state index contributed by atoms with van der Waals surface area (Å²) in [5.41, 5.74) is -0.799. The first-order valence-corrected chi connectivity index (χ1v) is 8.73. The van der Waals surface area contributed by atoms with Gasteiger partial charge in [0.05, 0.1) is 5.56 Å². The highest BCUT2D eigenvalue weighted by molar-refractivity contribution is 5.99. The van der Waals surface area contributed by atoms with Gasteiger partial charge >= 0.3 is 6.18 Å². The number of rotatable bonds is 2. The van der Waals surface area contributed by atoms with Gasteiger partial charge in [0.25, 0.3) is 5.91 Å². The van der Waals surface area contributed by atoms with Crippen LogP contribution in [0.4, 0.5) is 18.9 Å². The molecule has 3 rings (SSSR count). The average molecular weight is 369 g/mol. The van der Waals surface area contributed by atoms with Gasteiger partial charge in [0.15, 0.2) is 0 Å². The number of carbonyl (C=O) groups excluding carboxylic acids is 2. The maximum atomic E-state index is 13.3. The van der Waals surface area contributed by atoms with Crippen LogP contribution in [0, 0.1) is 0 Å². The van der Waals surface area contributed by atoms with Gasteiger partial charge in [-0.25, -0.2) is 0 Å². The molecule has 2 fully saturated rings. The SMILES string of the molecule is C[C@H]1CN(C(=O)c2cc(N3CCCC3=O)cc(C(F)(F)F)c2)C[C@H](C)N1. The highest BCUT2D eigenvalue weighted by Gasteiger charge is 2.34. The number of carbonyl (C=O) groups is 2. The number of amides is 2. The van der Waals surface area contributed by atoms with E-state index in [2.05, 4.69) is 5.32 Å². The summed E-state index contributed by atoms with van der Waals surface area (Å²) in [5, 5.41) is 3.29. The Labute approximate surface area is 150 Å². The van der Waals surface area contributed by atoms with Crippen molar-refractivity contribution in [3.8, 4) is 0 Å². The van der Waals surface area contributed by atoms with Crippen molar-refractivity contribution in [2.24, 2.45) is 0 Å². The monoisotopic (exact) mass is 369 g/mol. The van der Waals surface area contributed by atoms with E-state index in [-0.39, 0.29) is 29.2 Å². The van der Waals surface area contributed by atoms with E-state index in [1.807, 2.05) is 13.8 Å². The van der Waals surface area contributed by atoms with Crippen molar-refractivity contribution < 1.29 is 22.8 Å². The molecular formula is C18H22F3N3O2. The van der Waals surface area contributed by atoms with Gasteiger partial charge in [0.1, 0.15) is 0 Å². The lowest BCUT2D eigenvalue weighted by Gasteiger charge is -2.36. The lowest BCUT2D eigenvalue weighted by atomic mass is 10.0. The molecule has 0 saturated carbocycles. The Morgan fingerprint density at radius 1 is 1.15 bits per heavy atom. The summed E-state index contributed by atoms with van der Waals surface area (Å²) in [6.45, 7) is 5.08. The lowest BCUT2D eigenvalue weighted by Crippen LogP contribution is -2.55. The summed E-state index contributed by atoms with van der Waals surface area (Å²) in [6.07, 6.45) is -3.67. The van der Waals surface area contributed by atoms with Crippen molar-refractivity contribution in [2.45, 2.75) is 44.9 Å². The molecule has 2 saturated heterocycles. The third kappa shape index (κ3) is 3.85. The predicted octanol–water partition coefficient (Wildman–Crippen LogP) is 2.65. The topological polar surface area (TPSA) is 52.7 Å².